The van der Waals surface area contributed by atoms with Gasteiger partial charge in [0.1, 0.15) is 5.75 Å². The highest BCUT2D eigenvalue weighted by Crippen LogP contribution is 2.29. The molecule has 0 bridgehead atoms. The van der Waals surface area contributed by atoms with E-state index in [-0.39, 0.29) is 0 Å². The van der Waals surface area contributed by atoms with Gasteiger partial charge in [-0.2, -0.15) is 0 Å². The van der Waals surface area contributed by atoms with Gasteiger partial charge in [-0.1, -0.05) is 19.1 Å². The Kier molecular flexibility index (Phi) is 2.73. The Labute approximate surface area is 85.0 Å². The second-order valence-corrected chi connectivity index (χ2v) is 4.17. The molecule has 2 atom stereocenters. The van der Waals surface area contributed by atoms with Crippen LogP contribution in [-0.4, -0.2) is 18.2 Å². The third-order valence-electron chi connectivity index (χ3n) is 3.15. The number of hydrogen-bond acceptors (Lipinski definition) is 2. The molecular weight excluding hydrogens is 174 g/mol. The van der Waals surface area contributed by atoms with Gasteiger partial charge in [-0.3, -0.25) is 0 Å². The minimum Gasteiger partial charge on any atom is -0.508 e. The number of phenolic OH excluding ortho intramolecular Hbond substituents is 1. The van der Waals surface area contributed by atoms with E-state index in [0.717, 1.165) is 19.0 Å². The van der Waals surface area contributed by atoms with E-state index < -0.39 is 0 Å². The first-order chi connectivity index (χ1) is 6.77. The zero-order valence-electron chi connectivity index (χ0n) is 8.53. The van der Waals surface area contributed by atoms with Crippen LogP contribution in [0.2, 0.25) is 0 Å². The van der Waals surface area contributed by atoms with Crippen LogP contribution in [0.15, 0.2) is 24.3 Å². The van der Waals surface area contributed by atoms with Crippen molar-refractivity contribution in [2.24, 2.45) is 5.92 Å². The number of rotatable bonds is 1. The molecule has 0 aromatic heterocycles. The quantitative estimate of drug-likeness (QED) is 0.712. The highest BCUT2D eigenvalue weighted by molar-refractivity contribution is 5.29. The topological polar surface area (TPSA) is 32.3 Å². The minimum absolute atomic E-state index is 0.352. The number of nitrogens with one attached hydrogen (secondary N) is 1. The van der Waals surface area contributed by atoms with Gasteiger partial charge < -0.3 is 10.4 Å². The van der Waals surface area contributed by atoms with Gasteiger partial charge in [0.25, 0.3) is 0 Å². The molecule has 1 aromatic rings. The van der Waals surface area contributed by atoms with Crippen molar-refractivity contribution in [3.63, 3.8) is 0 Å². The summed E-state index contributed by atoms with van der Waals surface area (Å²) in [5.74, 6) is 1.69. The van der Waals surface area contributed by atoms with Gasteiger partial charge in [0.2, 0.25) is 0 Å². The summed E-state index contributed by atoms with van der Waals surface area (Å²) < 4.78 is 0. The van der Waals surface area contributed by atoms with Gasteiger partial charge in [-0.25, -0.2) is 0 Å². The molecule has 0 amide bonds. The van der Waals surface area contributed by atoms with E-state index in [9.17, 15) is 5.11 Å². The summed E-state index contributed by atoms with van der Waals surface area (Å²) in [5, 5.41) is 12.6. The maximum Gasteiger partial charge on any atom is 0.115 e. The second kappa shape index (κ2) is 4.01. The molecule has 1 aliphatic heterocycles. The summed E-state index contributed by atoms with van der Waals surface area (Å²) in [6.45, 7) is 4.50. The molecule has 0 saturated carbocycles. The van der Waals surface area contributed by atoms with E-state index in [1.165, 1.54) is 12.0 Å². The van der Waals surface area contributed by atoms with Crippen LogP contribution in [0.3, 0.4) is 0 Å². The Morgan fingerprint density at radius 3 is 2.64 bits per heavy atom. The Balaban J connectivity index is 2.16. The third-order valence-corrected chi connectivity index (χ3v) is 3.15. The average Bonchev–Trinajstić information content (AvgIpc) is 2.20. The lowest BCUT2D eigenvalue weighted by atomic mass is 9.83. The standard InChI is InChI=1S/C12H17NO/c1-9-6-7-13-8-12(9)10-2-4-11(14)5-3-10/h2-5,9,12-14H,6-8H2,1H3/t9-,12+/m1/s1. The van der Waals surface area contributed by atoms with E-state index in [2.05, 4.69) is 12.2 Å². The molecule has 0 radical (unpaired) electrons. The lowest BCUT2D eigenvalue weighted by Crippen LogP contribution is -2.33. The van der Waals surface area contributed by atoms with Crippen LogP contribution in [0.5, 0.6) is 5.75 Å². The van der Waals surface area contributed by atoms with Gasteiger partial charge in [0.05, 0.1) is 0 Å². The van der Waals surface area contributed by atoms with Crippen LogP contribution in [-0.2, 0) is 0 Å². The molecular formula is C12H17NO. The molecule has 14 heavy (non-hydrogen) atoms. The zero-order chi connectivity index (χ0) is 9.97. The van der Waals surface area contributed by atoms with Crippen molar-refractivity contribution >= 4 is 0 Å². The first-order valence-corrected chi connectivity index (χ1v) is 5.27. The lowest BCUT2D eigenvalue weighted by Gasteiger charge is -2.29. The van der Waals surface area contributed by atoms with Gasteiger partial charge in [-0.15, -0.1) is 0 Å². The van der Waals surface area contributed by atoms with Crippen molar-refractivity contribution in [1.29, 1.82) is 0 Å². The fourth-order valence-electron chi connectivity index (χ4n) is 2.16. The molecule has 2 nitrogen and oxygen atoms in total. The first-order valence-electron chi connectivity index (χ1n) is 5.27. The predicted molar refractivity (Wildman–Crippen MR) is 57.5 cm³/mol. The van der Waals surface area contributed by atoms with Crippen molar-refractivity contribution < 1.29 is 5.11 Å². The number of hydrogen-bond donors (Lipinski definition) is 2. The van der Waals surface area contributed by atoms with E-state index in [0.29, 0.717) is 11.7 Å². The molecule has 0 unspecified atom stereocenters. The highest BCUT2D eigenvalue weighted by atomic mass is 16.3. The molecule has 1 aromatic carbocycles. The highest BCUT2D eigenvalue weighted by Gasteiger charge is 2.22. The van der Waals surface area contributed by atoms with E-state index in [4.69, 9.17) is 0 Å². The molecule has 1 aliphatic rings. The molecule has 0 spiro atoms. The van der Waals surface area contributed by atoms with Gasteiger partial charge in [0.15, 0.2) is 0 Å². The zero-order valence-corrected chi connectivity index (χ0v) is 8.53. The average molecular weight is 191 g/mol. The number of piperidine rings is 1. The monoisotopic (exact) mass is 191 g/mol. The normalized spacial score (nSPS) is 27.5. The van der Waals surface area contributed by atoms with Gasteiger partial charge >= 0.3 is 0 Å². The number of aromatic hydroxyl groups is 1. The molecule has 2 rings (SSSR count). The largest absolute Gasteiger partial charge is 0.508 e. The lowest BCUT2D eigenvalue weighted by molar-refractivity contribution is 0.348. The first kappa shape index (κ1) is 9.53. The van der Waals surface area contributed by atoms with Crippen molar-refractivity contribution in [3.8, 4) is 5.75 Å². The van der Waals surface area contributed by atoms with Crippen molar-refractivity contribution in [3.05, 3.63) is 29.8 Å². The van der Waals surface area contributed by atoms with Gasteiger partial charge in [-0.05, 0) is 42.5 Å². The van der Waals surface area contributed by atoms with E-state index in [1.807, 2.05) is 12.1 Å². The molecule has 0 aliphatic carbocycles. The van der Waals surface area contributed by atoms with Gasteiger partial charge in [0, 0.05) is 6.54 Å². The molecule has 2 heteroatoms. The molecule has 2 N–H and O–H groups in total. The van der Waals surface area contributed by atoms with Crippen molar-refractivity contribution in [2.75, 3.05) is 13.1 Å². The molecule has 1 heterocycles. The predicted octanol–water partition coefficient (Wildman–Crippen LogP) is 2.11. The fourth-order valence-corrected chi connectivity index (χ4v) is 2.16. The molecule has 76 valence electrons. The summed E-state index contributed by atoms with van der Waals surface area (Å²) in [4.78, 5) is 0. The van der Waals surface area contributed by atoms with Crippen LogP contribution in [0.4, 0.5) is 0 Å². The summed E-state index contributed by atoms with van der Waals surface area (Å²) in [6, 6.07) is 7.61. The Morgan fingerprint density at radius 1 is 1.29 bits per heavy atom. The van der Waals surface area contributed by atoms with Crippen LogP contribution < -0.4 is 5.32 Å². The Bertz CT molecular complexity index is 294. The van der Waals surface area contributed by atoms with Crippen LogP contribution in [0.25, 0.3) is 0 Å². The van der Waals surface area contributed by atoms with Crippen LogP contribution in [0, 0.1) is 5.92 Å². The maximum absolute atomic E-state index is 9.21. The van der Waals surface area contributed by atoms with E-state index >= 15 is 0 Å². The maximum atomic E-state index is 9.21. The van der Waals surface area contributed by atoms with Crippen molar-refractivity contribution in [1.82, 2.24) is 5.32 Å². The number of benzene rings is 1. The SMILES string of the molecule is C[C@@H]1CCNC[C@@H]1c1ccc(O)cc1. The summed E-state index contributed by atoms with van der Waals surface area (Å²) >= 11 is 0. The summed E-state index contributed by atoms with van der Waals surface area (Å²) in [6.07, 6.45) is 1.24. The van der Waals surface area contributed by atoms with E-state index in [1.54, 1.807) is 12.1 Å². The molecule has 1 saturated heterocycles. The fraction of sp³-hybridized carbons (Fsp3) is 0.500. The van der Waals surface area contributed by atoms with Crippen molar-refractivity contribution in [2.45, 2.75) is 19.3 Å². The third kappa shape index (κ3) is 1.90. The summed E-state index contributed by atoms with van der Waals surface area (Å²) in [7, 11) is 0. The minimum atomic E-state index is 0.352. The molecule has 1 fully saturated rings. The number of phenols is 1. The smallest absolute Gasteiger partial charge is 0.115 e. The summed E-state index contributed by atoms with van der Waals surface area (Å²) in [5.41, 5.74) is 1.34. The Morgan fingerprint density at radius 2 is 2.00 bits per heavy atom. The van der Waals surface area contributed by atoms with Crippen LogP contribution >= 0.6 is 0 Å². The second-order valence-electron chi connectivity index (χ2n) is 4.17. The van der Waals surface area contributed by atoms with Crippen LogP contribution in [0.1, 0.15) is 24.8 Å². The Hall–Kier alpha value is -1.02.